The lowest BCUT2D eigenvalue weighted by molar-refractivity contribution is -0.144. The molecule has 0 unspecified atom stereocenters. The van der Waals surface area contributed by atoms with Gasteiger partial charge in [-0.05, 0) is 11.1 Å². The number of hydrogen-bond acceptors (Lipinski definition) is 6. The zero-order valence-corrected chi connectivity index (χ0v) is 18.6. The highest BCUT2D eigenvalue weighted by Crippen LogP contribution is 2.40. The van der Waals surface area contributed by atoms with Gasteiger partial charge in [0.05, 0.1) is 25.7 Å². The van der Waals surface area contributed by atoms with Gasteiger partial charge in [0.25, 0.3) is 5.56 Å². The Kier molecular flexibility index (Phi) is 7.42. The molecule has 0 aliphatic carbocycles. The number of alkyl halides is 1. The molecule has 9 heteroatoms. The number of hydrogen-bond donors (Lipinski definition) is 2. The minimum absolute atomic E-state index is 0.0243. The van der Waals surface area contributed by atoms with E-state index in [0.29, 0.717) is 6.61 Å². The second kappa shape index (κ2) is 10.5. The van der Waals surface area contributed by atoms with Gasteiger partial charge in [0.15, 0.2) is 6.23 Å². The van der Waals surface area contributed by atoms with Crippen molar-refractivity contribution in [2.75, 3.05) is 12.5 Å². The summed E-state index contributed by atoms with van der Waals surface area (Å²) in [5, 5.41) is 11.1. The van der Waals surface area contributed by atoms with Gasteiger partial charge in [-0.2, -0.15) is 0 Å². The van der Waals surface area contributed by atoms with Gasteiger partial charge in [-0.1, -0.05) is 60.7 Å². The smallest absolute Gasteiger partial charge is 0.330 e. The van der Waals surface area contributed by atoms with Gasteiger partial charge in [0.2, 0.25) is 0 Å². The molecule has 8 nitrogen and oxygen atoms in total. The fraction of sp³-hybridized carbons (Fsp3) is 0.333. The summed E-state index contributed by atoms with van der Waals surface area (Å²) in [4.78, 5) is 26.0. The summed E-state index contributed by atoms with van der Waals surface area (Å²) in [5.41, 5.74) is -0.608. The maximum absolute atomic E-state index is 12.4. The van der Waals surface area contributed by atoms with Crippen LogP contribution in [0.2, 0.25) is 0 Å². The number of nitrogens with one attached hydrogen (secondary N) is 1. The fourth-order valence-electron chi connectivity index (χ4n) is 3.88. The summed E-state index contributed by atoms with van der Waals surface area (Å²) in [6.45, 7) is 0.542. The number of H-pyrrole nitrogens is 1. The lowest BCUT2D eigenvalue weighted by Crippen LogP contribution is -2.50. The van der Waals surface area contributed by atoms with Crippen molar-refractivity contribution < 1.29 is 19.3 Å². The zero-order valence-electron chi connectivity index (χ0n) is 17.8. The van der Waals surface area contributed by atoms with Gasteiger partial charge in [-0.15, -0.1) is 11.6 Å². The highest BCUT2D eigenvalue weighted by molar-refractivity contribution is 6.18. The Morgan fingerprint density at radius 3 is 2.24 bits per heavy atom. The van der Waals surface area contributed by atoms with E-state index in [2.05, 4.69) is 4.98 Å². The lowest BCUT2D eigenvalue weighted by Gasteiger charge is -2.32. The summed E-state index contributed by atoms with van der Waals surface area (Å²) < 4.78 is 19.3. The quantitative estimate of drug-likeness (QED) is 0.463. The molecule has 1 aliphatic heterocycles. The van der Waals surface area contributed by atoms with E-state index >= 15 is 0 Å². The number of halogens is 1. The van der Waals surface area contributed by atoms with Crippen LogP contribution >= 0.6 is 11.6 Å². The molecule has 4 atom stereocenters. The molecule has 1 aliphatic rings. The van der Waals surface area contributed by atoms with E-state index in [1.54, 1.807) is 0 Å². The molecule has 1 aromatic heterocycles. The molecule has 2 aromatic carbocycles. The first-order valence-corrected chi connectivity index (χ1v) is 11.1. The van der Waals surface area contributed by atoms with Crippen LogP contribution in [0.3, 0.4) is 0 Å². The number of aliphatic hydroxyl groups excluding tert-OH is 1. The Morgan fingerprint density at radius 1 is 1.00 bits per heavy atom. The Bertz CT molecular complexity index is 1150. The first-order chi connectivity index (χ1) is 16.0. The summed E-state index contributed by atoms with van der Waals surface area (Å²) >= 11 is 6.36. The number of ether oxygens (including phenoxy) is 3. The molecule has 0 amide bonds. The van der Waals surface area contributed by atoms with Gasteiger partial charge >= 0.3 is 5.69 Å². The third-order valence-corrected chi connectivity index (χ3v) is 6.01. The van der Waals surface area contributed by atoms with Crippen LogP contribution in [0.4, 0.5) is 0 Å². The van der Waals surface area contributed by atoms with Gasteiger partial charge < -0.3 is 19.3 Å². The van der Waals surface area contributed by atoms with Crippen LogP contribution in [0.1, 0.15) is 17.4 Å². The van der Waals surface area contributed by atoms with Crippen LogP contribution in [0.15, 0.2) is 82.5 Å². The highest BCUT2D eigenvalue weighted by Gasteiger charge is 2.56. The van der Waals surface area contributed by atoms with Crippen molar-refractivity contribution in [1.29, 1.82) is 0 Å². The molecular formula is C24H25ClN2O6. The number of aromatic amines is 1. The molecule has 1 fully saturated rings. The molecule has 0 spiro atoms. The average Bonchev–Trinajstić information content (AvgIpc) is 3.10. The van der Waals surface area contributed by atoms with Crippen LogP contribution in [-0.4, -0.2) is 45.0 Å². The second-order valence-electron chi connectivity index (χ2n) is 7.91. The maximum Gasteiger partial charge on any atom is 0.330 e. The number of aromatic nitrogens is 2. The van der Waals surface area contributed by atoms with E-state index in [-0.39, 0.29) is 19.1 Å². The number of nitrogens with zero attached hydrogens (tertiary/aromatic N) is 1. The van der Waals surface area contributed by atoms with Crippen LogP contribution in [0.5, 0.6) is 0 Å². The van der Waals surface area contributed by atoms with Gasteiger partial charge in [0, 0.05) is 12.3 Å². The van der Waals surface area contributed by atoms with E-state index in [1.165, 1.54) is 12.3 Å². The van der Waals surface area contributed by atoms with Gasteiger partial charge in [-0.3, -0.25) is 14.3 Å². The molecule has 33 heavy (non-hydrogen) atoms. The van der Waals surface area contributed by atoms with Crippen molar-refractivity contribution >= 4 is 11.6 Å². The fourth-order valence-corrected chi connectivity index (χ4v) is 4.17. The topological polar surface area (TPSA) is 103 Å². The lowest BCUT2D eigenvalue weighted by atomic mass is 9.97. The Morgan fingerprint density at radius 2 is 1.64 bits per heavy atom. The normalized spacial score (nSPS) is 24.7. The number of benzene rings is 2. The van der Waals surface area contributed by atoms with Crippen molar-refractivity contribution in [2.24, 2.45) is 0 Å². The van der Waals surface area contributed by atoms with Crippen molar-refractivity contribution in [2.45, 2.75) is 37.3 Å². The number of rotatable bonds is 9. The minimum Gasteiger partial charge on any atom is -0.386 e. The van der Waals surface area contributed by atoms with Gasteiger partial charge in [0.1, 0.15) is 17.8 Å². The van der Waals surface area contributed by atoms with E-state index < -0.39 is 35.3 Å². The SMILES string of the molecule is O=c1ccn([C@@H]2O[C@](CCl)(COCc3ccccc3)[C@@H](OCc3ccccc3)[C@H]2O)c(=O)[nH]1. The van der Waals surface area contributed by atoms with Crippen molar-refractivity contribution in [1.82, 2.24) is 9.55 Å². The summed E-state index contributed by atoms with van der Waals surface area (Å²) in [6, 6.07) is 20.3. The maximum atomic E-state index is 12.4. The standard InChI is InChI=1S/C24H25ClN2O6/c25-15-24(16-31-13-17-7-3-1-4-8-17)21(32-14-18-9-5-2-6-10-18)20(29)22(33-24)27-12-11-19(28)26-23(27)30/h1-12,20-22,29H,13-16H2,(H,26,28,30)/t20-,21+,22-,24-/m1/s1. The van der Waals surface area contributed by atoms with E-state index in [9.17, 15) is 14.7 Å². The second-order valence-corrected chi connectivity index (χ2v) is 8.18. The zero-order chi connectivity index (χ0) is 23.3. The molecule has 3 aromatic rings. The van der Waals surface area contributed by atoms with Crippen LogP contribution in [0, 0.1) is 0 Å². The van der Waals surface area contributed by atoms with Crippen LogP contribution in [0.25, 0.3) is 0 Å². The third kappa shape index (κ3) is 5.26. The molecule has 2 heterocycles. The molecule has 2 N–H and O–H groups in total. The van der Waals surface area contributed by atoms with Crippen LogP contribution < -0.4 is 11.2 Å². The van der Waals surface area contributed by atoms with E-state index in [1.807, 2.05) is 60.7 Å². The first kappa shape index (κ1) is 23.4. The van der Waals surface area contributed by atoms with Crippen molar-refractivity contribution in [3.05, 3.63) is 105 Å². The summed E-state index contributed by atoms with van der Waals surface area (Å²) in [5.74, 6) is -0.0487. The average molecular weight is 473 g/mol. The monoisotopic (exact) mass is 472 g/mol. The largest absolute Gasteiger partial charge is 0.386 e. The van der Waals surface area contributed by atoms with Crippen molar-refractivity contribution in [3.8, 4) is 0 Å². The minimum atomic E-state index is -1.24. The van der Waals surface area contributed by atoms with E-state index in [4.69, 9.17) is 25.8 Å². The summed E-state index contributed by atoms with van der Waals surface area (Å²) in [6.07, 6.45) is -1.97. The summed E-state index contributed by atoms with van der Waals surface area (Å²) in [7, 11) is 0. The Balaban J connectivity index is 1.59. The molecule has 174 valence electrons. The molecular weight excluding hydrogens is 448 g/mol. The molecule has 4 rings (SSSR count). The van der Waals surface area contributed by atoms with Crippen LogP contribution in [-0.2, 0) is 27.4 Å². The highest BCUT2D eigenvalue weighted by atomic mass is 35.5. The molecule has 0 bridgehead atoms. The first-order valence-electron chi connectivity index (χ1n) is 10.5. The Labute approximate surface area is 195 Å². The van der Waals surface area contributed by atoms with Crippen molar-refractivity contribution in [3.63, 3.8) is 0 Å². The molecule has 1 saturated heterocycles. The predicted molar refractivity (Wildman–Crippen MR) is 122 cm³/mol. The number of aliphatic hydroxyl groups is 1. The Hall–Kier alpha value is -2.75. The molecule has 0 saturated carbocycles. The van der Waals surface area contributed by atoms with E-state index in [0.717, 1.165) is 15.7 Å². The third-order valence-electron chi connectivity index (χ3n) is 5.56. The molecule has 0 radical (unpaired) electrons. The van der Waals surface area contributed by atoms with Gasteiger partial charge in [-0.25, -0.2) is 4.79 Å². The predicted octanol–water partition coefficient (Wildman–Crippen LogP) is 2.21.